The van der Waals surface area contributed by atoms with Gasteiger partial charge >= 0.3 is 0 Å². The lowest BCUT2D eigenvalue weighted by atomic mass is 9.85. The van der Waals surface area contributed by atoms with Crippen LogP contribution in [-0.4, -0.2) is 16.7 Å². The van der Waals surface area contributed by atoms with Gasteiger partial charge in [0.15, 0.2) is 0 Å². The molecule has 7 heteroatoms. The van der Waals surface area contributed by atoms with Crippen LogP contribution in [0, 0.1) is 39.6 Å². The number of nitro benzene ring substituents is 1. The van der Waals surface area contributed by atoms with E-state index in [0.29, 0.717) is 0 Å². The largest absolute Gasteiger partial charge is 0.296 e. The molecular formula is C23H17FN2O4. The summed E-state index contributed by atoms with van der Waals surface area (Å²) in [5.74, 6) is -3.35. The van der Waals surface area contributed by atoms with Crippen LogP contribution in [0.3, 0.4) is 0 Å². The molecule has 2 bridgehead atoms. The quantitative estimate of drug-likeness (QED) is 0.333. The topological polar surface area (TPSA) is 80.5 Å². The average molecular weight is 404 g/mol. The number of nitro groups is 1. The zero-order valence-electron chi connectivity index (χ0n) is 16.0. The van der Waals surface area contributed by atoms with Crippen molar-refractivity contribution < 1.29 is 18.9 Å². The lowest BCUT2D eigenvalue weighted by molar-refractivity contribution is -0.384. The van der Waals surface area contributed by atoms with E-state index >= 15 is 0 Å². The molecule has 1 saturated heterocycles. The van der Waals surface area contributed by atoms with Gasteiger partial charge in [-0.25, -0.2) is 9.29 Å². The summed E-state index contributed by atoms with van der Waals surface area (Å²) in [4.78, 5) is 38.1. The summed E-state index contributed by atoms with van der Waals surface area (Å²) in [6.07, 6.45) is 3.92. The molecule has 1 saturated carbocycles. The van der Waals surface area contributed by atoms with Gasteiger partial charge in [-0.3, -0.25) is 19.7 Å². The third kappa shape index (κ3) is 2.41. The van der Waals surface area contributed by atoms with Gasteiger partial charge in [-0.05, 0) is 30.2 Å². The molecule has 2 aromatic carbocycles. The first-order chi connectivity index (χ1) is 14.4. The maximum absolute atomic E-state index is 13.5. The first-order valence-electron chi connectivity index (χ1n) is 9.66. The molecule has 2 aromatic rings. The van der Waals surface area contributed by atoms with Crippen molar-refractivity contribution in [3.05, 3.63) is 87.8 Å². The molecule has 0 N–H and O–H groups in total. The first kappa shape index (κ1) is 18.4. The molecule has 3 aliphatic rings. The van der Waals surface area contributed by atoms with E-state index < -0.39 is 40.1 Å². The maximum Gasteiger partial charge on any atom is 0.296 e. The summed E-state index contributed by atoms with van der Waals surface area (Å²) in [6, 6.07) is 12.7. The van der Waals surface area contributed by atoms with Crippen LogP contribution in [0.5, 0.6) is 0 Å². The summed E-state index contributed by atoms with van der Waals surface area (Å²) in [5.41, 5.74) is 2.39. The molecule has 30 heavy (non-hydrogen) atoms. The summed E-state index contributed by atoms with van der Waals surface area (Å²) >= 11 is 0. The van der Waals surface area contributed by atoms with Gasteiger partial charge in [-0.15, -0.1) is 0 Å². The van der Waals surface area contributed by atoms with Crippen molar-refractivity contribution in [2.75, 3.05) is 4.90 Å². The molecule has 0 spiro atoms. The average Bonchev–Trinajstić information content (AvgIpc) is 3.38. The molecule has 1 aliphatic heterocycles. The zero-order valence-corrected chi connectivity index (χ0v) is 16.0. The molecule has 1 heterocycles. The number of amides is 2. The van der Waals surface area contributed by atoms with Crippen LogP contribution in [-0.2, 0) is 9.59 Å². The number of hydrogen-bond donors (Lipinski definition) is 0. The van der Waals surface area contributed by atoms with Crippen molar-refractivity contribution in [3.63, 3.8) is 0 Å². The van der Waals surface area contributed by atoms with Gasteiger partial charge in [-0.2, -0.15) is 0 Å². The summed E-state index contributed by atoms with van der Waals surface area (Å²) in [6.45, 7) is 2.00. The maximum atomic E-state index is 13.5. The normalized spacial score (nSPS) is 28.3. The van der Waals surface area contributed by atoms with Crippen molar-refractivity contribution in [3.8, 4) is 0 Å². The van der Waals surface area contributed by atoms with Crippen LogP contribution < -0.4 is 4.90 Å². The monoisotopic (exact) mass is 404 g/mol. The molecule has 0 radical (unpaired) electrons. The van der Waals surface area contributed by atoms with E-state index in [9.17, 15) is 24.1 Å². The Hall–Kier alpha value is -3.61. The van der Waals surface area contributed by atoms with Gasteiger partial charge in [0.25, 0.3) is 5.69 Å². The lowest BCUT2D eigenvalue weighted by Crippen LogP contribution is -2.33. The van der Waals surface area contributed by atoms with E-state index in [1.165, 1.54) is 0 Å². The Morgan fingerprint density at radius 1 is 1.00 bits per heavy atom. The molecular weight excluding hydrogens is 387 g/mol. The number of anilines is 1. The first-order valence-corrected chi connectivity index (χ1v) is 9.66. The molecule has 6 nitrogen and oxygen atoms in total. The van der Waals surface area contributed by atoms with Crippen molar-refractivity contribution in [1.29, 1.82) is 0 Å². The Labute approximate surface area is 171 Å². The fourth-order valence-electron chi connectivity index (χ4n) is 5.19. The highest BCUT2D eigenvalue weighted by Gasteiger charge is 2.62. The molecule has 5 rings (SSSR count). The Balaban J connectivity index is 1.57. The fraction of sp³-hybridized carbons (Fsp3) is 0.217. The standard InChI is InChI=1S/C23H17FN2O4/c1-12(13-5-3-2-4-6-13)19-15-8-9-16(19)21-20(15)22(27)25(23(21)28)17-10-7-14(24)11-18(17)26(29)30/h2-11,15-16,20-21H,1H3/t15-,16-,20-,21+/m1/s1. The van der Waals surface area contributed by atoms with Crippen molar-refractivity contribution in [2.45, 2.75) is 6.92 Å². The third-order valence-electron chi connectivity index (χ3n) is 6.43. The van der Waals surface area contributed by atoms with Crippen LogP contribution in [0.4, 0.5) is 15.8 Å². The number of hydrogen-bond acceptors (Lipinski definition) is 4. The van der Waals surface area contributed by atoms with Crippen LogP contribution >= 0.6 is 0 Å². The van der Waals surface area contributed by atoms with Gasteiger partial charge in [-0.1, -0.05) is 48.1 Å². The Morgan fingerprint density at radius 2 is 1.60 bits per heavy atom. The number of imide groups is 1. The second-order valence-electron chi connectivity index (χ2n) is 7.84. The van der Waals surface area contributed by atoms with Gasteiger partial charge in [0.05, 0.1) is 22.8 Å². The van der Waals surface area contributed by atoms with Gasteiger partial charge in [0.1, 0.15) is 11.5 Å². The minimum atomic E-state index is -0.796. The second-order valence-corrected chi connectivity index (χ2v) is 7.84. The summed E-state index contributed by atoms with van der Waals surface area (Å²) in [7, 11) is 0. The molecule has 4 atom stereocenters. The smallest absolute Gasteiger partial charge is 0.274 e. The van der Waals surface area contributed by atoms with Gasteiger partial charge in [0.2, 0.25) is 11.8 Å². The highest BCUT2D eigenvalue weighted by atomic mass is 19.1. The summed E-state index contributed by atoms with van der Waals surface area (Å²) in [5, 5.41) is 11.4. The van der Waals surface area contributed by atoms with E-state index in [4.69, 9.17) is 0 Å². The number of rotatable bonds is 3. The van der Waals surface area contributed by atoms with Crippen molar-refractivity contribution >= 4 is 28.8 Å². The molecule has 2 amide bonds. The number of allylic oxidation sites excluding steroid dienone is 4. The highest BCUT2D eigenvalue weighted by molar-refractivity contribution is 6.24. The molecule has 0 unspecified atom stereocenters. The SMILES string of the molecule is CC(=C1[C@H]2C=C[C@H]1[C@H]1C(=O)N(c3ccc(F)cc3[N+](=O)[O-])C(=O)[C@H]12)c1ccccc1. The van der Waals surface area contributed by atoms with Gasteiger partial charge < -0.3 is 0 Å². The Morgan fingerprint density at radius 3 is 2.17 bits per heavy atom. The number of nitrogens with zero attached hydrogens (tertiary/aromatic N) is 2. The number of benzene rings is 2. The van der Waals surface area contributed by atoms with E-state index in [-0.39, 0.29) is 17.5 Å². The van der Waals surface area contributed by atoms with E-state index in [1.807, 2.05) is 49.4 Å². The van der Waals surface area contributed by atoms with E-state index in [0.717, 1.165) is 39.8 Å². The number of fused-ring (bicyclic) bond motifs is 5. The lowest BCUT2D eigenvalue weighted by Gasteiger charge is -2.20. The predicted octanol–water partition coefficient (Wildman–Crippen LogP) is 4.13. The number of halogens is 1. The van der Waals surface area contributed by atoms with Crippen molar-refractivity contribution in [1.82, 2.24) is 0 Å². The van der Waals surface area contributed by atoms with Crippen LogP contribution in [0.2, 0.25) is 0 Å². The fourth-order valence-corrected chi connectivity index (χ4v) is 5.19. The second kappa shape index (κ2) is 6.45. The Kier molecular flexibility index (Phi) is 3.96. The minimum absolute atomic E-state index is 0.171. The third-order valence-corrected chi connectivity index (χ3v) is 6.43. The van der Waals surface area contributed by atoms with Crippen LogP contribution in [0.15, 0.2) is 66.3 Å². The highest BCUT2D eigenvalue weighted by Crippen LogP contribution is 2.58. The predicted molar refractivity (Wildman–Crippen MR) is 108 cm³/mol. The number of carbonyl (C=O) groups excluding carboxylic acids is 2. The van der Waals surface area contributed by atoms with Gasteiger partial charge in [0, 0.05) is 11.8 Å². The Bertz CT molecular complexity index is 1140. The summed E-state index contributed by atoms with van der Waals surface area (Å²) < 4.78 is 13.5. The molecule has 150 valence electrons. The number of carbonyl (C=O) groups is 2. The molecule has 2 fully saturated rings. The van der Waals surface area contributed by atoms with E-state index in [2.05, 4.69) is 0 Å². The molecule has 0 aromatic heterocycles. The minimum Gasteiger partial charge on any atom is -0.274 e. The van der Waals surface area contributed by atoms with Crippen LogP contribution in [0.25, 0.3) is 5.57 Å². The zero-order chi connectivity index (χ0) is 21.2. The van der Waals surface area contributed by atoms with Crippen molar-refractivity contribution in [2.24, 2.45) is 23.7 Å². The molecule has 2 aliphatic carbocycles. The van der Waals surface area contributed by atoms with Crippen LogP contribution in [0.1, 0.15) is 12.5 Å². The van der Waals surface area contributed by atoms with E-state index in [1.54, 1.807) is 0 Å².